The molecular weight excluding hydrogens is 535 g/mol. The van der Waals surface area contributed by atoms with Gasteiger partial charge in [-0.3, -0.25) is 9.59 Å². The van der Waals surface area contributed by atoms with Crippen LogP contribution in [0.4, 0.5) is 4.39 Å². The van der Waals surface area contributed by atoms with Crippen LogP contribution in [0.2, 0.25) is 0 Å². The van der Waals surface area contributed by atoms with Crippen molar-refractivity contribution in [1.82, 2.24) is 30.2 Å². The number of rotatable bonds is 5. The van der Waals surface area contributed by atoms with E-state index in [9.17, 15) is 14.0 Å². The molecule has 0 aliphatic heterocycles. The first-order valence-corrected chi connectivity index (χ1v) is 12.8. The first-order valence-electron chi connectivity index (χ1n) is 11.2. The van der Waals surface area contributed by atoms with Crippen molar-refractivity contribution >= 4 is 50.1 Å². The molecule has 2 amide bonds. The highest BCUT2D eigenvalue weighted by Gasteiger charge is 2.30. The fraction of sp³-hybridized carbons (Fsp3) is 0.292. The summed E-state index contributed by atoms with van der Waals surface area (Å²) >= 11 is 4.79. The Morgan fingerprint density at radius 3 is 2.80 bits per heavy atom. The zero-order valence-electron chi connectivity index (χ0n) is 18.8. The summed E-state index contributed by atoms with van der Waals surface area (Å²) in [5.74, 6) is -0.525. The van der Waals surface area contributed by atoms with Gasteiger partial charge in [0, 0.05) is 25.3 Å². The molecule has 35 heavy (non-hydrogen) atoms. The Balaban J connectivity index is 1.52. The molecule has 0 bridgehead atoms. The highest BCUT2D eigenvalue weighted by atomic mass is 79.9. The fourth-order valence-corrected chi connectivity index (χ4v) is 5.85. The molecule has 2 atom stereocenters. The molecule has 8 nitrogen and oxygen atoms in total. The van der Waals surface area contributed by atoms with E-state index >= 15 is 0 Å². The Hall–Kier alpha value is -3.18. The fourth-order valence-electron chi connectivity index (χ4n) is 4.56. The Bertz CT molecular complexity index is 1420. The molecule has 0 saturated heterocycles. The van der Waals surface area contributed by atoms with Crippen molar-refractivity contribution in [3.63, 3.8) is 0 Å². The van der Waals surface area contributed by atoms with Crippen LogP contribution in [0.25, 0.3) is 22.6 Å². The van der Waals surface area contributed by atoms with Crippen LogP contribution in [-0.2, 0) is 0 Å². The van der Waals surface area contributed by atoms with E-state index in [1.165, 1.54) is 36.7 Å². The van der Waals surface area contributed by atoms with E-state index < -0.39 is 5.82 Å². The molecular formula is C24H22BrFN6O2S. The predicted octanol–water partition coefficient (Wildman–Crippen LogP) is 4.73. The largest absolute Gasteiger partial charge is 0.354 e. The maximum atomic E-state index is 14.8. The summed E-state index contributed by atoms with van der Waals surface area (Å²) in [6.07, 6.45) is 6.36. The Morgan fingerprint density at radius 2 is 2.06 bits per heavy atom. The van der Waals surface area contributed by atoms with E-state index in [-0.39, 0.29) is 35.3 Å². The maximum Gasteiger partial charge on any atom is 0.269 e. The zero-order chi connectivity index (χ0) is 24.5. The Labute approximate surface area is 213 Å². The molecule has 0 spiro atoms. The lowest BCUT2D eigenvalue weighted by Gasteiger charge is -2.31. The minimum absolute atomic E-state index is 0.0425. The molecule has 1 aliphatic carbocycles. The number of pyridine rings is 2. The second kappa shape index (κ2) is 9.82. The van der Waals surface area contributed by atoms with Gasteiger partial charge in [0.1, 0.15) is 11.4 Å². The predicted molar refractivity (Wildman–Crippen MR) is 135 cm³/mol. The average Bonchev–Trinajstić information content (AvgIpc) is 3.47. The number of nitrogens with zero attached hydrogens (tertiary/aromatic N) is 4. The number of fused-ring (bicyclic) bond motifs is 1. The van der Waals surface area contributed by atoms with Gasteiger partial charge >= 0.3 is 0 Å². The van der Waals surface area contributed by atoms with Crippen molar-refractivity contribution in [2.24, 2.45) is 0 Å². The van der Waals surface area contributed by atoms with Crippen molar-refractivity contribution in [3.8, 4) is 11.5 Å². The van der Waals surface area contributed by atoms with E-state index in [0.29, 0.717) is 28.2 Å². The van der Waals surface area contributed by atoms with Gasteiger partial charge in [-0.25, -0.2) is 19.3 Å². The van der Waals surface area contributed by atoms with Crippen LogP contribution in [0.1, 0.15) is 51.9 Å². The van der Waals surface area contributed by atoms with Crippen LogP contribution >= 0.6 is 27.3 Å². The standard InChI is InChI=1S/C24H22BrFN6O2S/c1-27-23(33)17-11-16-18(12-29-17)32(22(31-16)21-15(26)6-3-9-28-21)14-5-2-4-13(10-14)30-24(34)19-7-8-20(25)35-19/h3,6-9,11-14H,2,4-5,10H2,1H3,(H,27,33)(H,30,34)/t13-,14+/m1/s1. The van der Waals surface area contributed by atoms with Crippen molar-refractivity contribution in [3.05, 3.63) is 62.9 Å². The molecule has 11 heteroatoms. The third-order valence-corrected chi connectivity index (χ3v) is 7.77. The molecule has 1 fully saturated rings. The van der Waals surface area contributed by atoms with Crippen LogP contribution in [0.3, 0.4) is 0 Å². The third-order valence-electron chi connectivity index (χ3n) is 6.15. The van der Waals surface area contributed by atoms with E-state index in [4.69, 9.17) is 0 Å². The van der Waals surface area contributed by atoms with E-state index in [1.807, 2.05) is 10.6 Å². The van der Waals surface area contributed by atoms with Gasteiger partial charge in [0.2, 0.25) is 0 Å². The molecule has 4 aromatic heterocycles. The number of nitrogens with one attached hydrogen (secondary N) is 2. The third kappa shape index (κ3) is 4.70. The van der Waals surface area contributed by atoms with Gasteiger partial charge in [0.15, 0.2) is 11.6 Å². The maximum absolute atomic E-state index is 14.8. The normalized spacial score (nSPS) is 17.9. The van der Waals surface area contributed by atoms with Crippen LogP contribution in [0, 0.1) is 5.82 Å². The van der Waals surface area contributed by atoms with Crippen molar-refractivity contribution in [2.45, 2.75) is 37.8 Å². The summed E-state index contributed by atoms with van der Waals surface area (Å²) in [5, 5.41) is 5.71. The highest BCUT2D eigenvalue weighted by molar-refractivity contribution is 9.11. The summed E-state index contributed by atoms with van der Waals surface area (Å²) in [4.78, 5) is 38.8. The topological polar surface area (TPSA) is 102 Å². The molecule has 1 aliphatic rings. The second-order valence-electron chi connectivity index (χ2n) is 8.37. The highest BCUT2D eigenvalue weighted by Crippen LogP contribution is 2.36. The monoisotopic (exact) mass is 556 g/mol. The minimum Gasteiger partial charge on any atom is -0.354 e. The van der Waals surface area contributed by atoms with Crippen LogP contribution < -0.4 is 10.6 Å². The van der Waals surface area contributed by atoms with Crippen molar-refractivity contribution in [1.29, 1.82) is 0 Å². The number of halogens is 2. The van der Waals surface area contributed by atoms with Gasteiger partial charge in [-0.1, -0.05) is 0 Å². The number of aromatic nitrogens is 4. The number of hydrogen-bond donors (Lipinski definition) is 2. The van der Waals surface area contributed by atoms with E-state index in [2.05, 4.69) is 41.5 Å². The van der Waals surface area contributed by atoms with Crippen LogP contribution in [0.15, 0.2) is 46.5 Å². The molecule has 180 valence electrons. The number of thiophene rings is 1. The van der Waals surface area contributed by atoms with Crippen molar-refractivity contribution in [2.75, 3.05) is 7.05 Å². The molecule has 4 aromatic rings. The molecule has 0 unspecified atom stereocenters. The SMILES string of the molecule is CNC(=O)c1cc2nc(-c3ncccc3F)n([C@H]3CCC[C@@H](NC(=O)c4ccc(Br)s4)C3)c2cn1. The van der Waals surface area contributed by atoms with Gasteiger partial charge in [0.05, 0.1) is 25.9 Å². The second-order valence-corrected chi connectivity index (χ2v) is 10.8. The van der Waals surface area contributed by atoms with E-state index in [0.717, 1.165) is 23.0 Å². The summed E-state index contributed by atoms with van der Waals surface area (Å²) < 4.78 is 17.7. The molecule has 0 radical (unpaired) electrons. The molecule has 5 rings (SSSR count). The smallest absolute Gasteiger partial charge is 0.269 e. The molecule has 0 aromatic carbocycles. The zero-order valence-corrected chi connectivity index (χ0v) is 21.2. The first-order chi connectivity index (χ1) is 16.9. The van der Waals surface area contributed by atoms with Gasteiger partial charge in [-0.2, -0.15) is 0 Å². The van der Waals surface area contributed by atoms with Gasteiger partial charge in [-0.05, 0) is 71.9 Å². The summed E-state index contributed by atoms with van der Waals surface area (Å²) in [6, 6.07) is 8.04. The quantitative estimate of drug-likeness (QED) is 0.370. The number of carbonyl (C=O) groups excluding carboxylic acids is 2. The first kappa shape index (κ1) is 23.6. The molecule has 1 saturated carbocycles. The molecule has 2 N–H and O–H groups in total. The lowest BCUT2D eigenvalue weighted by Crippen LogP contribution is -2.38. The average molecular weight is 557 g/mol. The lowest BCUT2D eigenvalue weighted by molar-refractivity contribution is 0.0923. The van der Waals surface area contributed by atoms with Gasteiger partial charge in [0.25, 0.3) is 11.8 Å². The summed E-state index contributed by atoms with van der Waals surface area (Å²) in [5.41, 5.74) is 1.60. The Kier molecular flexibility index (Phi) is 6.61. The van der Waals surface area contributed by atoms with Crippen LogP contribution in [0.5, 0.6) is 0 Å². The summed E-state index contributed by atoms with van der Waals surface area (Å²) in [7, 11) is 1.53. The number of carbonyl (C=O) groups is 2. The number of hydrogen-bond acceptors (Lipinski definition) is 6. The van der Waals surface area contributed by atoms with Crippen molar-refractivity contribution < 1.29 is 14.0 Å². The number of amides is 2. The minimum atomic E-state index is -0.479. The van der Waals surface area contributed by atoms with Gasteiger partial charge < -0.3 is 15.2 Å². The van der Waals surface area contributed by atoms with Crippen LogP contribution in [-0.4, -0.2) is 44.4 Å². The number of imidazole rings is 1. The summed E-state index contributed by atoms with van der Waals surface area (Å²) in [6.45, 7) is 0. The molecule has 4 heterocycles. The lowest BCUT2D eigenvalue weighted by atomic mass is 9.90. The van der Waals surface area contributed by atoms with E-state index in [1.54, 1.807) is 18.3 Å². The Morgan fingerprint density at radius 1 is 1.20 bits per heavy atom. The van der Waals surface area contributed by atoms with Gasteiger partial charge in [-0.15, -0.1) is 11.3 Å².